The van der Waals surface area contributed by atoms with Crippen LogP contribution in [0.2, 0.25) is 0 Å². The van der Waals surface area contributed by atoms with E-state index in [0.29, 0.717) is 0 Å². The van der Waals surface area contributed by atoms with Crippen LogP contribution in [0.4, 0.5) is 0 Å². The van der Waals surface area contributed by atoms with Crippen LogP contribution in [0.1, 0.15) is 6.42 Å². The van der Waals surface area contributed by atoms with Crippen molar-refractivity contribution in [1.82, 2.24) is 5.32 Å². The van der Waals surface area contributed by atoms with Gasteiger partial charge in [0.15, 0.2) is 6.17 Å². The molecule has 0 heterocycles. The number of carbonyl (C=O) groups is 3. The van der Waals surface area contributed by atoms with Crippen LogP contribution in [0, 0.1) is 5.92 Å². The van der Waals surface area contributed by atoms with Crippen LogP contribution in [0.25, 0.3) is 0 Å². The summed E-state index contributed by atoms with van der Waals surface area (Å²) in [5, 5.41) is 27.5. The van der Waals surface area contributed by atoms with Crippen molar-refractivity contribution < 1.29 is 29.7 Å². The van der Waals surface area contributed by atoms with E-state index in [9.17, 15) is 14.4 Å². The van der Waals surface area contributed by atoms with Gasteiger partial charge in [0.25, 0.3) is 0 Å². The molecule has 86 valence electrons. The molecule has 0 aromatic heterocycles. The summed E-state index contributed by atoms with van der Waals surface area (Å²) in [4.78, 5) is 31.0. The third kappa shape index (κ3) is 5.60. The first-order chi connectivity index (χ1) is 6.84. The minimum atomic E-state index is -1.40. The summed E-state index contributed by atoms with van der Waals surface area (Å²) in [5.74, 6) is -5.13. The van der Waals surface area contributed by atoms with Crippen molar-refractivity contribution in [2.75, 3.05) is 6.54 Å². The number of nitrogens with one attached hydrogen (secondary N) is 1. The first-order valence-corrected chi connectivity index (χ1v) is 4.01. The summed E-state index contributed by atoms with van der Waals surface area (Å²) in [6.45, 7) is -0.310. The third-order valence-corrected chi connectivity index (χ3v) is 1.62. The van der Waals surface area contributed by atoms with Gasteiger partial charge in [0.2, 0.25) is 0 Å². The summed E-state index contributed by atoms with van der Waals surface area (Å²) in [6.07, 6.45) is -1.99. The highest BCUT2D eigenvalue weighted by Gasteiger charge is 2.22. The Balaban J connectivity index is 4.13. The predicted octanol–water partition coefficient (Wildman–Crippen LogP) is -1.88. The van der Waals surface area contributed by atoms with Crippen molar-refractivity contribution in [2.45, 2.75) is 12.6 Å². The molecule has 8 heteroatoms. The zero-order valence-electron chi connectivity index (χ0n) is 7.71. The van der Waals surface area contributed by atoms with Crippen molar-refractivity contribution in [2.24, 2.45) is 11.7 Å². The average Bonchev–Trinajstić information content (AvgIpc) is 2.10. The van der Waals surface area contributed by atoms with Gasteiger partial charge >= 0.3 is 17.9 Å². The number of nitrogens with two attached hydrogens (primary N) is 1. The molecular formula is C7H12N2O6. The molecule has 0 amide bonds. The lowest BCUT2D eigenvalue weighted by atomic mass is 10.1. The maximum absolute atomic E-state index is 10.5. The van der Waals surface area contributed by atoms with E-state index in [2.05, 4.69) is 5.32 Å². The van der Waals surface area contributed by atoms with E-state index in [1.807, 2.05) is 0 Å². The Morgan fingerprint density at radius 3 is 2.00 bits per heavy atom. The fourth-order valence-electron chi connectivity index (χ4n) is 0.814. The monoisotopic (exact) mass is 220 g/mol. The van der Waals surface area contributed by atoms with E-state index in [4.69, 9.17) is 21.1 Å². The lowest BCUT2D eigenvalue weighted by Gasteiger charge is -2.13. The minimum Gasteiger partial charge on any atom is -0.481 e. The molecular weight excluding hydrogens is 208 g/mol. The number of carboxylic acid groups (broad SMARTS) is 3. The molecule has 0 aromatic carbocycles. The van der Waals surface area contributed by atoms with Gasteiger partial charge in [-0.15, -0.1) is 0 Å². The van der Waals surface area contributed by atoms with E-state index < -0.39 is 36.4 Å². The fraction of sp³-hybridized carbons (Fsp3) is 0.571. The van der Waals surface area contributed by atoms with Crippen molar-refractivity contribution in [3.63, 3.8) is 0 Å². The molecule has 0 saturated heterocycles. The Bertz CT molecular complexity index is 266. The third-order valence-electron chi connectivity index (χ3n) is 1.62. The second-order valence-corrected chi connectivity index (χ2v) is 2.86. The van der Waals surface area contributed by atoms with Gasteiger partial charge in [0.1, 0.15) is 0 Å². The molecule has 0 radical (unpaired) electrons. The molecule has 0 aromatic rings. The SMILES string of the molecule is NC(NCC(CC(=O)O)C(=O)O)C(=O)O. The Morgan fingerprint density at radius 2 is 1.67 bits per heavy atom. The van der Waals surface area contributed by atoms with Gasteiger partial charge in [-0.05, 0) is 0 Å². The number of rotatable bonds is 7. The quantitative estimate of drug-likeness (QED) is 0.313. The zero-order valence-corrected chi connectivity index (χ0v) is 7.71. The Labute approximate surface area is 84.7 Å². The van der Waals surface area contributed by atoms with Crippen molar-refractivity contribution >= 4 is 17.9 Å². The first kappa shape index (κ1) is 13.3. The normalized spacial score (nSPS) is 14.2. The fourth-order valence-corrected chi connectivity index (χ4v) is 0.814. The summed E-state index contributed by atoms with van der Waals surface area (Å²) in [6, 6.07) is 0. The van der Waals surface area contributed by atoms with Crippen LogP contribution in [-0.4, -0.2) is 45.9 Å². The smallest absolute Gasteiger partial charge is 0.335 e. The zero-order chi connectivity index (χ0) is 12.0. The van der Waals surface area contributed by atoms with Gasteiger partial charge in [-0.25, -0.2) is 4.79 Å². The average molecular weight is 220 g/mol. The van der Waals surface area contributed by atoms with Crippen LogP contribution in [0.15, 0.2) is 0 Å². The van der Waals surface area contributed by atoms with Gasteiger partial charge in [0.05, 0.1) is 12.3 Å². The second kappa shape index (κ2) is 5.94. The summed E-state index contributed by atoms with van der Waals surface area (Å²) >= 11 is 0. The summed E-state index contributed by atoms with van der Waals surface area (Å²) < 4.78 is 0. The van der Waals surface area contributed by atoms with Crippen molar-refractivity contribution in [3.8, 4) is 0 Å². The lowest BCUT2D eigenvalue weighted by Crippen LogP contribution is -2.47. The van der Waals surface area contributed by atoms with E-state index in [-0.39, 0.29) is 6.54 Å². The molecule has 0 aliphatic carbocycles. The minimum absolute atomic E-state index is 0.310. The molecule has 6 N–H and O–H groups in total. The standard InChI is InChI=1S/C7H12N2O6/c8-5(7(14)15)9-2-3(6(12)13)1-4(10)11/h3,5,9H,1-2,8H2,(H,10,11)(H,12,13)(H,14,15). The number of aliphatic carboxylic acids is 3. The molecule has 0 fully saturated rings. The first-order valence-electron chi connectivity index (χ1n) is 4.01. The molecule has 2 unspecified atom stereocenters. The van der Waals surface area contributed by atoms with E-state index in [1.165, 1.54) is 0 Å². The Hall–Kier alpha value is -1.67. The molecule has 15 heavy (non-hydrogen) atoms. The topological polar surface area (TPSA) is 150 Å². The maximum Gasteiger partial charge on any atom is 0.335 e. The van der Waals surface area contributed by atoms with E-state index >= 15 is 0 Å². The van der Waals surface area contributed by atoms with Crippen LogP contribution in [0.5, 0.6) is 0 Å². The molecule has 0 aliphatic rings. The molecule has 2 atom stereocenters. The number of carboxylic acids is 3. The highest BCUT2D eigenvalue weighted by Crippen LogP contribution is 2.01. The summed E-state index contributed by atoms with van der Waals surface area (Å²) in [7, 11) is 0. The van der Waals surface area contributed by atoms with Crippen LogP contribution in [0.3, 0.4) is 0 Å². The highest BCUT2D eigenvalue weighted by molar-refractivity contribution is 5.78. The van der Waals surface area contributed by atoms with Crippen LogP contribution in [-0.2, 0) is 14.4 Å². The van der Waals surface area contributed by atoms with Gasteiger partial charge in [-0.1, -0.05) is 0 Å². The Kier molecular flexibility index (Phi) is 5.27. The summed E-state index contributed by atoms with van der Waals surface area (Å²) in [5.41, 5.74) is 5.04. The molecule has 0 rings (SSSR count). The molecule has 0 aliphatic heterocycles. The van der Waals surface area contributed by atoms with Gasteiger partial charge in [-0.2, -0.15) is 0 Å². The van der Waals surface area contributed by atoms with Crippen LogP contribution < -0.4 is 11.1 Å². The number of hydrogen-bond acceptors (Lipinski definition) is 5. The van der Waals surface area contributed by atoms with Crippen molar-refractivity contribution in [3.05, 3.63) is 0 Å². The van der Waals surface area contributed by atoms with Crippen LogP contribution >= 0.6 is 0 Å². The molecule has 8 nitrogen and oxygen atoms in total. The highest BCUT2D eigenvalue weighted by atomic mass is 16.4. The van der Waals surface area contributed by atoms with E-state index in [0.717, 1.165) is 0 Å². The predicted molar refractivity (Wildman–Crippen MR) is 47.0 cm³/mol. The van der Waals surface area contributed by atoms with Gasteiger partial charge < -0.3 is 21.1 Å². The van der Waals surface area contributed by atoms with Gasteiger partial charge in [0, 0.05) is 6.54 Å². The maximum atomic E-state index is 10.5. The molecule has 0 spiro atoms. The Morgan fingerprint density at radius 1 is 1.13 bits per heavy atom. The second-order valence-electron chi connectivity index (χ2n) is 2.86. The van der Waals surface area contributed by atoms with Crippen molar-refractivity contribution in [1.29, 1.82) is 0 Å². The molecule has 0 bridgehead atoms. The largest absolute Gasteiger partial charge is 0.481 e. The van der Waals surface area contributed by atoms with E-state index in [1.54, 1.807) is 0 Å². The molecule has 0 saturated carbocycles. The lowest BCUT2D eigenvalue weighted by molar-refractivity contribution is -0.148. The number of hydrogen-bond donors (Lipinski definition) is 5. The van der Waals surface area contributed by atoms with Gasteiger partial charge in [-0.3, -0.25) is 14.9 Å².